The lowest BCUT2D eigenvalue weighted by molar-refractivity contribution is 0.582. The Kier molecular flexibility index (Phi) is 5.24. The SMILES string of the molecule is CCn1nc(C)c(Br)c1CC(CN)c1ccc(Cl)cc1. The molecule has 0 saturated heterocycles. The van der Waals surface area contributed by atoms with Crippen LogP contribution in [0.4, 0.5) is 0 Å². The molecule has 3 nitrogen and oxygen atoms in total. The smallest absolute Gasteiger partial charge is 0.0738 e. The number of aryl methyl sites for hydroxylation is 2. The molecule has 5 heteroatoms. The zero-order valence-corrected chi connectivity index (χ0v) is 14.1. The number of rotatable bonds is 5. The third-order valence-electron chi connectivity index (χ3n) is 3.52. The van der Waals surface area contributed by atoms with Crippen LogP contribution in [0.5, 0.6) is 0 Å². The van der Waals surface area contributed by atoms with Gasteiger partial charge in [0.1, 0.15) is 0 Å². The van der Waals surface area contributed by atoms with Gasteiger partial charge in [0.2, 0.25) is 0 Å². The molecule has 1 heterocycles. The van der Waals surface area contributed by atoms with E-state index in [-0.39, 0.29) is 5.92 Å². The summed E-state index contributed by atoms with van der Waals surface area (Å²) in [5.74, 6) is 0.268. The first-order valence-corrected chi connectivity index (χ1v) is 7.91. The molecule has 1 unspecified atom stereocenters. The maximum absolute atomic E-state index is 5.96. The highest BCUT2D eigenvalue weighted by molar-refractivity contribution is 9.10. The van der Waals surface area contributed by atoms with Gasteiger partial charge in [0.15, 0.2) is 0 Å². The number of hydrogen-bond acceptors (Lipinski definition) is 2. The lowest BCUT2D eigenvalue weighted by Gasteiger charge is -2.16. The summed E-state index contributed by atoms with van der Waals surface area (Å²) in [6.45, 7) is 5.57. The third kappa shape index (κ3) is 3.25. The first-order chi connectivity index (χ1) is 9.56. The maximum Gasteiger partial charge on any atom is 0.0738 e. The molecule has 108 valence electrons. The van der Waals surface area contributed by atoms with Gasteiger partial charge in [-0.05, 0) is 60.4 Å². The summed E-state index contributed by atoms with van der Waals surface area (Å²) < 4.78 is 3.13. The Labute approximate surface area is 133 Å². The van der Waals surface area contributed by atoms with E-state index in [1.54, 1.807) is 0 Å². The van der Waals surface area contributed by atoms with E-state index in [4.69, 9.17) is 17.3 Å². The van der Waals surface area contributed by atoms with Crippen LogP contribution in [0, 0.1) is 6.92 Å². The predicted octanol–water partition coefficient (Wildman–Crippen LogP) is 3.91. The zero-order chi connectivity index (χ0) is 14.7. The van der Waals surface area contributed by atoms with Gasteiger partial charge in [-0.15, -0.1) is 0 Å². The Morgan fingerprint density at radius 3 is 2.55 bits per heavy atom. The third-order valence-corrected chi connectivity index (χ3v) is 4.80. The van der Waals surface area contributed by atoms with Crippen LogP contribution in [0.3, 0.4) is 0 Å². The van der Waals surface area contributed by atoms with Crippen LogP contribution in [0.1, 0.15) is 29.8 Å². The number of nitrogens with zero attached hydrogens (tertiary/aromatic N) is 2. The molecule has 0 radical (unpaired) electrons. The fourth-order valence-electron chi connectivity index (χ4n) is 2.37. The lowest BCUT2D eigenvalue weighted by Crippen LogP contribution is -2.17. The average molecular weight is 357 g/mol. The molecular weight excluding hydrogens is 338 g/mol. The summed E-state index contributed by atoms with van der Waals surface area (Å²) in [5, 5.41) is 5.28. The lowest BCUT2D eigenvalue weighted by atomic mass is 9.94. The molecule has 0 bridgehead atoms. The normalized spacial score (nSPS) is 12.7. The minimum Gasteiger partial charge on any atom is -0.330 e. The second kappa shape index (κ2) is 6.74. The molecule has 1 aromatic carbocycles. The van der Waals surface area contributed by atoms with Crippen LogP contribution in [0.25, 0.3) is 0 Å². The van der Waals surface area contributed by atoms with Gasteiger partial charge in [-0.1, -0.05) is 23.7 Å². The summed E-state index contributed by atoms with van der Waals surface area (Å²) in [5.41, 5.74) is 9.40. The van der Waals surface area contributed by atoms with E-state index in [0.29, 0.717) is 6.54 Å². The van der Waals surface area contributed by atoms with E-state index in [9.17, 15) is 0 Å². The molecule has 20 heavy (non-hydrogen) atoms. The fraction of sp³-hybridized carbons (Fsp3) is 0.400. The Bertz CT molecular complexity index is 578. The second-order valence-corrected chi connectivity index (χ2v) is 6.08. The quantitative estimate of drug-likeness (QED) is 0.882. The van der Waals surface area contributed by atoms with E-state index in [0.717, 1.165) is 28.2 Å². The van der Waals surface area contributed by atoms with Crippen molar-refractivity contribution in [2.45, 2.75) is 32.7 Å². The number of halogens is 2. The summed E-state index contributed by atoms with van der Waals surface area (Å²) in [4.78, 5) is 0. The van der Waals surface area contributed by atoms with Gasteiger partial charge in [0.25, 0.3) is 0 Å². The Hall–Kier alpha value is -0.840. The van der Waals surface area contributed by atoms with E-state index in [1.165, 1.54) is 11.3 Å². The minimum atomic E-state index is 0.268. The maximum atomic E-state index is 5.96. The standard InChI is InChI=1S/C15H19BrClN3/c1-3-20-14(15(16)10(2)19-20)8-12(9-18)11-4-6-13(17)7-5-11/h4-7,12H,3,8-9,18H2,1-2H3. The first kappa shape index (κ1) is 15.5. The predicted molar refractivity (Wildman–Crippen MR) is 87.3 cm³/mol. The zero-order valence-electron chi connectivity index (χ0n) is 11.7. The average Bonchev–Trinajstić information content (AvgIpc) is 2.73. The van der Waals surface area contributed by atoms with Crippen molar-refractivity contribution in [1.29, 1.82) is 0 Å². The molecule has 0 spiro atoms. The number of benzene rings is 1. The summed E-state index contributed by atoms with van der Waals surface area (Å²) in [6.07, 6.45) is 0.868. The van der Waals surface area contributed by atoms with Crippen LogP contribution in [0.15, 0.2) is 28.7 Å². The number of hydrogen-bond donors (Lipinski definition) is 1. The van der Waals surface area contributed by atoms with Crippen LogP contribution in [-0.4, -0.2) is 16.3 Å². The highest BCUT2D eigenvalue weighted by Crippen LogP contribution is 2.28. The Morgan fingerprint density at radius 1 is 1.35 bits per heavy atom. The van der Waals surface area contributed by atoms with E-state index < -0.39 is 0 Å². The molecule has 0 aliphatic carbocycles. The van der Waals surface area contributed by atoms with E-state index in [2.05, 4.69) is 28.0 Å². The monoisotopic (exact) mass is 355 g/mol. The fourth-order valence-corrected chi connectivity index (χ4v) is 2.94. The van der Waals surface area contributed by atoms with Crippen molar-refractivity contribution >= 4 is 27.5 Å². The van der Waals surface area contributed by atoms with Crippen molar-refractivity contribution in [3.05, 3.63) is 50.7 Å². The second-order valence-electron chi connectivity index (χ2n) is 4.85. The van der Waals surface area contributed by atoms with Gasteiger partial charge in [0, 0.05) is 17.5 Å². The molecule has 0 aliphatic heterocycles. The molecule has 1 aromatic heterocycles. The van der Waals surface area contributed by atoms with Crippen molar-refractivity contribution in [3.63, 3.8) is 0 Å². The molecule has 0 aliphatic rings. The molecule has 2 aromatic rings. The van der Waals surface area contributed by atoms with Crippen LogP contribution >= 0.6 is 27.5 Å². The van der Waals surface area contributed by atoms with E-state index in [1.807, 2.05) is 35.9 Å². The van der Waals surface area contributed by atoms with Crippen molar-refractivity contribution in [3.8, 4) is 0 Å². The summed E-state index contributed by atoms with van der Waals surface area (Å²) >= 11 is 9.58. The van der Waals surface area contributed by atoms with Crippen molar-refractivity contribution in [1.82, 2.24) is 9.78 Å². The van der Waals surface area contributed by atoms with Crippen LogP contribution in [0.2, 0.25) is 5.02 Å². The molecular formula is C15H19BrClN3. The first-order valence-electron chi connectivity index (χ1n) is 6.74. The van der Waals surface area contributed by atoms with Crippen molar-refractivity contribution in [2.75, 3.05) is 6.54 Å². The molecule has 2 rings (SSSR count). The highest BCUT2D eigenvalue weighted by Gasteiger charge is 2.18. The summed E-state index contributed by atoms with van der Waals surface area (Å²) in [7, 11) is 0. The molecule has 0 fully saturated rings. The van der Waals surface area contributed by atoms with Gasteiger partial charge in [-0.2, -0.15) is 5.10 Å². The highest BCUT2D eigenvalue weighted by atomic mass is 79.9. The van der Waals surface area contributed by atoms with Crippen LogP contribution in [-0.2, 0) is 13.0 Å². The topological polar surface area (TPSA) is 43.8 Å². The van der Waals surface area contributed by atoms with Gasteiger partial charge in [0.05, 0.1) is 15.9 Å². The molecule has 1 atom stereocenters. The van der Waals surface area contributed by atoms with Gasteiger partial charge in [-0.25, -0.2) is 0 Å². The molecule has 2 N–H and O–H groups in total. The minimum absolute atomic E-state index is 0.268. The van der Waals surface area contributed by atoms with Gasteiger partial charge < -0.3 is 5.73 Å². The number of nitrogens with two attached hydrogens (primary N) is 1. The van der Waals surface area contributed by atoms with E-state index >= 15 is 0 Å². The summed E-state index contributed by atoms with van der Waals surface area (Å²) in [6, 6.07) is 7.93. The van der Waals surface area contributed by atoms with Gasteiger partial charge in [-0.3, -0.25) is 4.68 Å². The largest absolute Gasteiger partial charge is 0.330 e. The molecule has 0 amide bonds. The van der Waals surface area contributed by atoms with Gasteiger partial charge >= 0.3 is 0 Å². The Balaban J connectivity index is 2.28. The molecule has 0 saturated carbocycles. The van der Waals surface area contributed by atoms with Crippen molar-refractivity contribution in [2.24, 2.45) is 5.73 Å². The van der Waals surface area contributed by atoms with Crippen molar-refractivity contribution < 1.29 is 0 Å². The van der Waals surface area contributed by atoms with Crippen LogP contribution < -0.4 is 5.73 Å². The Morgan fingerprint density at radius 2 is 2.00 bits per heavy atom. The number of aromatic nitrogens is 2.